The second-order valence-corrected chi connectivity index (χ2v) is 5.94. The lowest BCUT2D eigenvalue weighted by molar-refractivity contribution is -0.143. The van der Waals surface area contributed by atoms with Crippen LogP contribution in [0.4, 0.5) is 0 Å². The molecule has 1 aliphatic heterocycles. The van der Waals surface area contributed by atoms with Crippen LogP contribution < -0.4 is 0 Å². The molecule has 2 fully saturated rings. The Labute approximate surface area is 114 Å². The van der Waals surface area contributed by atoms with E-state index < -0.39 is 0 Å². The summed E-state index contributed by atoms with van der Waals surface area (Å²) in [5.41, 5.74) is 2.18. The molecule has 2 aliphatic rings. The van der Waals surface area contributed by atoms with E-state index >= 15 is 0 Å². The number of esters is 1. The molecular weight excluding hydrogens is 238 g/mol. The van der Waals surface area contributed by atoms with Gasteiger partial charge in [0.2, 0.25) is 0 Å². The number of benzene rings is 1. The fraction of sp³-hybridized carbons (Fsp3) is 0.562. The van der Waals surface area contributed by atoms with Crippen LogP contribution in [0.25, 0.3) is 0 Å². The molecule has 0 amide bonds. The molecule has 1 atom stereocenters. The second kappa shape index (κ2) is 4.64. The average molecular weight is 259 g/mol. The molecule has 0 spiro atoms. The molecular formula is C16H21NO2. The zero-order chi connectivity index (χ0) is 13.5. The molecule has 3 rings (SSSR count). The summed E-state index contributed by atoms with van der Waals surface area (Å²) in [6.07, 6.45) is 3.08. The molecule has 1 heterocycles. The minimum absolute atomic E-state index is 0.0825. The highest BCUT2D eigenvalue weighted by Gasteiger charge is 2.52. The van der Waals surface area contributed by atoms with E-state index in [9.17, 15) is 4.79 Å². The van der Waals surface area contributed by atoms with Crippen LogP contribution >= 0.6 is 0 Å². The highest BCUT2D eigenvalue weighted by Crippen LogP contribution is 2.49. The summed E-state index contributed by atoms with van der Waals surface area (Å²) in [6.45, 7) is 2.32. The van der Waals surface area contributed by atoms with Gasteiger partial charge < -0.3 is 9.64 Å². The van der Waals surface area contributed by atoms with Crippen LogP contribution in [0.15, 0.2) is 24.3 Å². The first-order valence-electron chi connectivity index (χ1n) is 7.03. The topological polar surface area (TPSA) is 29.5 Å². The van der Waals surface area contributed by atoms with Crippen LogP contribution in [0.2, 0.25) is 0 Å². The van der Waals surface area contributed by atoms with Crippen LogP contribution in [0, 0.1) is 0 Å². The molecule has 0 bridgehead atoms. The van der Waals surface area contributed by atoms with E-state index in [2.05, 4.69) is 36.2 Å². The van der Waals surface area contributed by atoms with Crippen molar-refractivity contribution in [3.8, 4) is 0 Å². The predicted molar refractivity (Wildman–Crippen MR) is 74.2 cm³/mol. The highest BCUT2D eigenvalue weighted by molar-refractivity contribution is 5.86. The lowest BCUT2D eigenvalue weighted by Gasteiger charge is -2.15. The quantitative estimate of drug-likeness (QED) is 0.780. The maximum atomic E-state index is 11.9. The van der Waals surface area contributed by atoms with Crippen LogP contribution in [0.5, 0.6) is 0 Å². The normalized spacial score (nSPS) is 25.3. The first-order chi connectivity index (χ1) is 9.15. The van der Waals surface area contributed by atoms with Crippen LogP contribution in [-0.4, -0.2) is 38.1 Å². The number of ether oxygens (including phenoxy) is 1. The number of carbonyl (C=O) groups is 1. The van der Waals surface area contributed by atoms with E-state index in [-0.39, 0.29) is 11.4 Å². The van der Waals surface area contributed by atoms with Crippen LogP contribution in [0.1, 0.15) is 36.3 Å². The third-order valence-corrected chi connectivity index (χ3v) is 4.65. The summed E-state index contributed by atoms with van der Waals surface area (Å²) >= 11 is 0. The molecule has 1 aromatic rings. The van der Waals surface area contributed by atoms with Gasteiger partial charge in [-0.2, -0.15) is 0 Å². The number of rotatable bonds is 3. The largest absolute Gasteiger partial charge is 0.468 e. The summed E-state index contributed by atoms with van der Waals surface area (Å²) in [4.78, 5) is 14.2. The molecule has 19 heavy (non-hydrogen) atoms. The number of likely N-dealkylation sites (tertiary alicyclic amines) is 1. The molecule has 0 aromatic heterocycles. The van der Waals surface area contributed by atoms with Gasteiger partial charge in [-0.1, -0.05) is 24.3 Å². The molecule has 1 saturated heterocycles. The highest BCUT2D eigenvalue weighted by atomic mass is 16.5. The Morgan fingerprint density at radius 3 is 2.47 bits per heavy atom. The van der Waals surface area contributed by atoms with E-state index in [4.69, 9.17) is 4.74 Å². The second-order valence-electron chi connectivity index (χ2n) is 5.94. The summed E-state index contributed by atoms with van der Waals surface area (Å²) in [6, 6.07) is 8.64. The van der Waals surface area contributed by atoms with Gasteiger partial charge in [0, 0.05) is 6.54 Å². The van der Waals surface area contributed by atoms with E-state index in [0.717, 1.165) is 24.9 Å². The standard InChI is InChI=1S/C16H21NO2/c1-17-10-7-13(11-17)12-3-5-14(6-4-12)16(8-9-16)15(18)19-2/h3-6,13H,7-11H2,1-2H3. The van der Waals surface area contributed by atoms with Crippen LogP contribution in [0.3, 0.4) is 0 Å². The number of nitrogens with zero attached hydrogens (tertiary/aromatic N) is 1. The maximum Gasteiger partial charge on any atom is 0.316 e. The first-order valence-corrected chi connectivity index (χ1v) is 7.03. The smallest absolute Gasteiger partial charge is 0.316 e. The van der Waals surface area contributed by atoms with Gasteiger partial charge in [-0.15, -0.1) is 0 Å². The monoisotopic (exact) mass is 259 g/mol. The first kappa shape index (κ1) is 12.7. The number of hydrogen-bond acceptors (Lipinski definition) is 3. The minimum atomic E-state index is -0.334. The molecule has 3 nitrogen and oxygen atoms in total. The van der Waals surface area contributed by atoms with Gasteiger partial charge in [0.25, 0.3) is 0 Å². The fourth-order valence-corrected chi connectivity index (χ4v) is 3.21. The van der Waals surface area contributed by atoms with Crippen molar-refractivity contribution in [3.05, 3.63) is 35.4 Å². The van der Waals surface area contributed by atoms with Crippen molar-refractivity contribution in [2.24, 2.45) is 0 Å². The Morgan fingerprint density at radius 2 is 2.00 bits per heavy atom. The van der Waals surface area contributed by atoms with Crippen molar-refractivity contribution < 1.29 is 9.53 Å². The van der Waals surface area contributed by atoms with Crippen molar-refractivity contribution in [1.29, 1.82) is 0 Å². The Kier molecular flexibility index (Phi) is 3.09. The van der Waals surface area contributed by atoms with E-state index in [0.29, 0.717) is 5.92 Å². The molecule has 102 valence electrons. The van der Waals surface area contributed by atoms with Crippen LogP contribution in [-0.2, 0) is 14.9 Å². The van der Waals surface area contributed by atoms with Gasteiger partial charge in [0.15, 0.2) is 0 Å². The third kappa shape index (κ3) is 2.16. The predicted octanol–water partition coefficient (Wildman–Crippen LogP) is 2.31. The van der Waals surface area contributed by atoms with Gasteiger partial charge in [0.05, 0.1) is 12.5 Å². The van der Waals surface area contributed by atoms with Crippen molar-refractivity contribution in [1.82, 2.24) is 4.90 Å². The van der Waals surface area contributed by atoms with E-state index in [1.54, 1.807) is 0 Å². The molecule has 1 aliphatic carbocycles. The van der Waals surface area contributed by atoms with E-state index in [1.165, 1.54) is 25.6 Å². The zero-order valence-corrected chi connectivity index (χ0v) is 11.7. The number of carbonyl (C=O) groups excluding carboxylic acids is 1. The molecule has 1 saturated carbocycles. The summed E-state index contributed by atoms with van der Waals surface area (Å²) in [5, 5.41) is 0. The minimum Gasteiger partial charge on any atom is -0.468 e. The summed E-state index contributed by atoms with van der Waals surface area (Å²) in [5.74, 6) is 0.563. The van der Waals surface area contributed by atoms with E-state index in [1.807, 2.05) is 0 Å². The van der Waals surface area contributed by atoms with Gasteiger partial charge in [-0.05, 0) is 49.9 Å². The maximum absolute atomic E-state index is 11.9. The zero-order valence-electron chi connectivity index (χ0n) is 11.7. The Morgan fingerprint density at radius 1 is 1.32 bits per heavy atom. The number of hydrogen-bond donors (Lipinski definition) is 0. The molecule has 3 heteroatoms. The number of likely N-dealkylation sites (N-methyl/N-ethyl adjacent to an activating group) is 1. The Bertz CT molecular complexity index is 476. The van der Waals surface area contributed by atoms with Crippen molar-refractivity contribution in [2.45, 2.75) is 30.6 Å². The van der Waals surface area contributed by atoms with Gasteiger partial charge in [-0.25, -0.2) is 0 Å². The SMILES string of the molecule is COC(=O)C1(c2ccc(C3CCN(C)C3)cc2)CC1. The fourth-order valence-electron chi connectivity index (χ4n) is 3.21. The molecule has 0 N–H and O–H groups in total. The molecule has 1 aromatic carbocycles. The third-order valence-electron chi connectivity index (χ3n) is 4.65. The van der Waals surface area contributed by atoms with Gasteiger partial charge in [-0.3, -0.25) is 4.79 Å². The molecule has 0 radical (unpaired) electrons. The van der Waals surface area contributed by atoms with Crippen molar-refractivity contribution in [3.63, 3.8) is 0 Å². The lowest BCUT2D eigenvalue weighted by atomic mass is 9.91. The van der Waals surface area contributed by atoms with Crippen molar-refractivity contribution >= 4 is 5.97 Å². The van der Waals surface area contributed by atoms with Crippen molar-refractivity contribution in [2.75, 3.05) is 27.2 Å². The summed E-state index contributed by atoms with van der Waals surface area (Å²) < 4.78 is 4.93. The average Bonchev–Trinajstić information content (AvgIpc) is 3.15. The lowest BCUT2D eigenvalue weighted by Crippen LogP contribution is -2.21. The Hall–Kier alpha value is -1.35. The summed E-state index contributed by atoms with van der Waals surface area (Å²) in [7, 11) is 3.65. The number of methoxy groups -OCH3 is 1. The Balaban J connectivity index is 1.78. The van der Waals surface area contributed by atoms with Gasteiger partial charge >= 0.3 is 5.97 Å². The van der Waals surface area contributed by atoms with Gasteiger partial charge in [0.1, 0.15) is 0 Å². The molecule has 1 unspecified atom stereocenters.